The van der Waals surface area contributed by atoms with Crippen molar-refractivity contribution < 1.29 is 8.42 Å². The highest BCUT2D eigenvalue weighted by Crippen LogP contribution is 2.04. The Bertz CT molecular complexity index is 548. The molecule has 0 radical (unpaired) electrons. The van der Waals surface area contributed by atoms with E-state index < -0.39 is 10.3 Å². The van der Waals surface area contributed by atoms with Gasteiger partial charge >= 0.3 is 0 Å². The van der Waals surface area contributed by atoms with Crippen molar-refractivity contribution in [1.82, 2.24) is 0 Å². The van der Waals surface area contributed by atoms with Gasteiger partial charge in [-0.05, 0) is 5.56 Å². The molecule has 0 N–H and O–H groups in total. The first-order valence-corrected chi connectivity index (χ1v) is 5.45. The molecule has 2 rings (SSSR count). The predicted molar refractivity (Wildman–Crippen MR) is 60.0 cm³/mol. The Morgan fingerprint density at radius 2 is 1.87 bits per heavy atom. The molecular formula is C10H8N2O2S. The molecule has 1 aliphatic rings. The maximum atomic E-state index is 10.6. The maximum Gasteiger partial charge on any atom is 0.241 e. The molecule has 0 fully saturated rings. The third kappa shape index (κ3) is 2.38. The zero-order valence-corrected chi connectivity index (χ0v) is 8.61. The SMILES string of the molecule is O=S(=O)=C1C=NC(Cc2ccccc2)=N1. The van der Waals surface area contributed by atoms with Gasteiger partial charge in [-0.1, -0.05) is 30.3 Å². The molecule has 1 aromatic carbocycles. The molecule has 0 saturated carbocycles. The second-order valence-corrected chi connectivity index (χ2v) is 3.91. The second-order valence-electron chi connectivity index (χ2n) is 3.02. The van der Waals surface area contributed by atoms with Crippen molar-refractivity contribution in [1.29, 1.82) is 0 Å². The molecule has 0 aliphatic carbocycles. The van der Waals surface area contributed by atoms with E-state index in [2.05, 4.69) is 9.98 Å². The molecule has 0 unspecified atom stereocenters. The molecule has 0 saturated heterocycles. The van der Waals surface area contributed by atoms with Gasteiger partial charge in [-0.25, -0.2) is 9.98 Å². The highest BCUT2D eigenvalue weighted by molar-refractivity contribution is 7.74. The van der Waals surface area contributed by atoms with E-state index in [0.717, 1.165) is 5.56 Å². The molecule has 4 nitrogen and oxygen atoms in total. The van der Waals surface area contributed by atoms with Crippen molar-refractivity contribution in [2.45, 2.75) is 6.42 Å². The van der Waals surface area contributed by atoms with Gasteiger partial charge in [-0.2, -0.15) is 8.42 Å². The van der Waals surface area contributed by atoms with E-state index in [9.17, 15) is 8.42 Å². The number of benzene rings is 1. The third-order valence-corrected chi connectivity index (χ3v) is 2.48. The van der Waals surface area contributed by atoms with Gasteiger partial charge in [0, 0.05) is 6.42 Å². The van der Waals surface area contributed by atoms with Crippen LogP contribution in [0, 0.1) is 0 Å². The van der Waals surface area contributed by atoms with Crippen molar-refractivity contribution in [3.05, 3.63) is 35.9 Å². The first-order valence-electron chi connectivity index (χ1n) is 4.37. The minimum Gasteiger partial charge on any atom is -0.238 e. The number of amidine groups is 1. The van der Waals surface area contributed by atoms with Gasteiger partial charge in [0.05, 0.1) is 6.21 Å². The summed E-state index contributed by atoms with van der Waals surface area (Å²) >= 11 is 0. The molecule has 0 spiro atoms. The van der Waals surface area contributed by atoms with Crippen LogP contribution in [-0.2, 0) is 16.7 Å². The standard InChI is InChI=1S/C10H8N2O2S/c13-15(14)10-7-11-9(12-10)6-8-4-2-1-3-5-8/h1-5,7H,6H2. The fourth-order valence-corrected chi connectivity index (χ4v) is 1.58. The predicted octanol–water partition coefficient (Wildman–Crippen LogP) is 0.721. The van der Waals surface area contributed by atoms with Crippen LogP contribution < -0.4 is 0 Å². The molecular weight excluding hydrogens is 212 g/mol. The molecule has 0 amide bonds. The van der Waals surface area contributed by atoms with Crippen molar-refractivity contribution in [3.63, 3.8) is 0 Å². The van der Waals surface area contributed by atoms with Crippen LogP contribution in [0.1, 0.15) is 5.56 Å². The minimum absolute atomic E-state index is 0.000862. The Hall–Kier alpha value is -1.75. The lowest BCUT2D eigenvalue weighted by molar-refractivity contribution is 0.627. The summed E-state index contributed by atoms with van der Waals surface area (Å²) in [5.74, 6) is 0.528. The van der Waals surface area contributed by atoms with Crippen molar-refractivity contribution in [3.8, 4) is 0 Å². The molecule has 1 aromatic rings. The van der Waals surface area contributed by atoms with Gasteiger partial charge in [0.25, 0.3) is 0 Å². The largest absolute Gasteiger partial charge is 0.241 e. The summed E-state index contributed by atoms with van der Waals surface area (Å²) in [4.78, 5) is 7.81. The highest BCUT2D eigenvalue weighted by Gasteiger charge is 2.08. The van der Waals surface area contributed by atoms with Crippen molar-refractivity contribution in [2.24, 2.45) is 9.98 Å². The number of rotatable bonds is 2. The lowest BCUT2D eigenvalue weighted by atomic mass is 10.1. The van der Waals surface area contributed by atoms with Gasteiger partial charge in [-0.3, -0.25) is 0 Å². The van der Waals surface area contributed by atoms with E-state index >= 15 is 0 Å². The van der Waals surface area contributed by atoms with Gasteiger partial charge in [0.15, 0.2) is 0 Å². The van der Waals surface area contributed by atoms with E-state index in [1.165, 1.54) is 6.21 Å². The lowest BCUT2D eigenvalue weighted by Crippen LogP contribution is -1.97. The fraction of sp³-hybridized carbons (Fsp3) is 0.100. The Balaban J connectivity index is 2.21. The van der Waals surface area contributed by atoms with E-state index in [-0.39, 0.29) is 4.99 Å². The van der Waals surface area contributed by atoms with E-state index in [0.29, 0.717) is 12.3 Å². The fourth-order valence-electron chi connectivity index (χ4n) is 1.26. The summed E-state index contributed by atoms with van der Waals surface area (Å²) in [6, 6.07) is 9.66. The quantitative estimate of drug-likeness (QED) is 0.689. The Morgan fingerprint density at radius 1 is 1.13 bits per heavy atom. The van der Waals surface area contributed by atoms with Crippen molar-refractivity contribution in [2.75, 3.05) is 0 Å². The summed E-state index contributed by atoms with van der Waals surface area (Å²) in [6.45, 7) is 0. The molecule has 1 aliphatic heterocycles. The topological polar surface area (TPSA) is 58.9 Å². The van der Waals surface area contributed by atoms with Crippen LogP contribution in [0.5, 0.6) is 0 Å². The zero-order valence-electron chi connectivity index (χ0n) is 7.79. The monoisotopic (exact) mass is 220 g/mol. The maximum absolute atomic E-state index is 10.6. The average molecular weight is 220 g/mol. The molecule has 0 bridgehead atoms. The average Bonchev–Trinajstić information content (AvgIpc) is 2.68. The van der Waals surface area contributed by atoms with Gasteiger partial charge in [0.2, 0.25) is 15.3 Å². The number of nitrogens with zero attached hydrogens (tertiary/aromatic N) is 2. The Morgan fingerprint density at radius 3 is 2.47 bits per heavy atom. The highest BCUT2D eigenvalue weighted by atomic mass is 32.2. The van der Waals surface area contributed by atoms with E-state index in [1.54, 1.807) is 0 Å². The zero-order chi connectivity index (χ0) is 10.7. The molecule has 0 aromatic heterocycles. The second kappa shape index (κ2) is 4.18. The third-order valence-electron chi connectivity index (χ3n) is 1.94. The van der Waals surface area contributed by atoms with E-state index in [4.69, 9.17) is 0 Å². The van der Waals surface area contributed by atoms with Crippen LogP contribution in [0.4, 0.5) is 0 Å². The van der Waals surface area contributed by atoms with Gasteiger partial charge < -0.3 is 0 Å². The van der Waals surface area contributed by atoms with Crippen LogP contribution in [0.3, 0.4) is 0 Å². The molecule has 1 heterocycles. The molecule has 15 heavy (non-hydrogen) atoms. The van der Waals surface area contributed by atoms with Crippen LogP contribution in [0.25, 0.3) is 0 Å². The molecule has 5 heteroatoms. The lowest BCUT2D eigenvalue weighted by Gasteiger charge is -1.96. The van der Waals surface area contributed by atoms with E-state index in [1.807, 2.05) is 30.3 Å². The molecule has 0 atom stereocenters. The van der Waals surface area contributed by atoms with Crippen LogP contribution >= 0.6 is 0 Å². The summed E-state index contributed by atoms with van der Waals surface area (Å²) in [5.41, 5.74) is 1.06. The van der Waals surface area contributed by atoms with Crippen molar-refractivity contribution >= 4 is 27.3 Å². The number of hydrogen-bond donors (Lipinski definition) is 0. The van der Waals surface area contributed by atoms with Crippen LogP contribution in [0.2, 0.25) is 0 Å². The normalized spacial score (nSPS) is 14.1. The van der Waals surface area contributed by atoms with Gasteiger partial charge in [0.1, 0.15) is 5.84 Å². The van der Waals surface area contributed by atoms with Crippen LogP contribution in [-0.4, -0.2) is 25.5 Å². The van der Waals surface area contributed by atoms with Crippen LogP contribution in [0.15, 0.2) is 40.3 Å². The summed E-state index contributed by atoms with van der Waals surface area (Å²) in [5, 5.41) is 0. The minimum atomic E-state index is -2.29. The number of hydrogen-bond acceptors (Lipinski definition) is 3. The Labute approximate surface area is 88.5 Å². The van der Waals surface area contributed by atoms with Gasteiger partial charge in [-0.15, -0.1) is 0 Å². The first kappa shape index (κ1) is 9.79. The summed E-state index contributed by atoms with van der Waals surface area (Å²) < 4.78 is 21.1. The smallest absolute Gasteiger partial charge is 0.238 e. The Kier molecular flexibility index (Phi) is 2.73. The number of aliphatic imine (C=N–C) groups is 2. The summed E-state index contributed by atoms with van der Waals surface area (Å²) in [6.07, 6.45) is 1.82. The first-order chi connectivity index (χ1) is 7.25. The molecule has 76 valence electrons. The summed E-state index contributed by atoms with van der Waals surface area (Å²) in [7, 11) is -2.29.